The van der Waals surface area contributed by atoms with Crippen molar-refractivity contribution in [2.24, 2.45) is 0 Å². The molecule has 0 unspecified atom stereocenters. The van der Waals surface area contributed by atoms with Gasteiger partial charge in [0.1, 0.15) is 5.69 Å². The van der Waals surface area contributed by atoms with Gasteiger partial charge >= 0.3 is 0 Å². The van der Waals surface area contributed by atoms with Gasteiger partial charge in [-0.15, -0.1) is 5.10 Å². The number of hydrogen-bond donors (Lipinski definition) is 2. The van der Waals surface area contributed by atoms with Crippen molar-refractivity contribution < 1.29 is 5.11 Å². The molecule has 0 atom stereocenters. The fourth-order valence-corrected chi connectivity index (χ4v) is 2.46. The summed E-state index contributed by atoms with van der Waals surface area (Å²) in [6.07, 6.45) is 7.66. The lowest BCUT2D eigenvalue weighted by Crippen LogP contribution is -2.29. The number of piperidine rings is 1. The van der Waals surface area contributed by atoms with Crippen LogP contribution in [-0.2, 0) is 6.54 Å². The first-order chi connectivity index (χ1) is 9.38. The molecule has 3 heterocycles. The van der Waals surface area contributed by atoms with Gasteiger partial charge < -0.3 is 15.0 Å². The van der Waals surface area contributed by atoms with E-state index in [1.807, 2.05) is 21.6 Å². The quantitative estimate of drug-likeness (QED) is 0.814. The fraction of sp³-hybridized carbons (Fsp3) is 0.583. The van der Waals surface area contributed by atoms with Gasteiger partial charge in [0.15, 0.2) is 5.82 Å². The number of aliphatic hydroxyl groups is 1. The van der Waals surface area contributed by atoms with E-state index in [2.05, 4.69) is 20.6 Å². The summed E-state index contributed by atoms with van der Waals surface area (Å²) in [5.41, 5.74) is 0.761. The maximum atomic E-state index is 9.02. The molecule has 0 radical (unpaired) electrons. The van der Waals surface area contributed by atoms with E-state index in [4.69, 9.17) is 5.11 Å². The lowest BCUT2D eigenvalue weighted by atomic mass is 10.1. The van der Waals surface area contributed by atoms with Gasteiger partial charge in [-0.2, -0.15) is 0 Å². The minimum atomic E-state index is 0.0891. The van der Waals surface area contributed by atoms with Crippen molar-refractivity contribution in [3.8, 4) is 11.5 Å². The third-order valence-electron chi connectivity index (χ3n) is 3.48. The Labute approximate surface area is 111 Å². The summed E-state index contributed by atoms with van der Waals surface area (Å²) in [4.78, 5) is 4.29. The second-order valence-corrected chi connectivity index (χ2v) is 4.73. The van der Waals surface area contributed by atoms with Crippen molar-refractivity contribution in [2.75, 3.05) is 19.7 Å². The molecular formula is C12H18N6O. The van der Waals surface area contributed by atoms with Crippen molar-refractivity contribution in [1.29, 1.82) is 0 Å². The van der Waals surface area contributed by atoms with E-state index in [-0.39, 0.29) is 6.61 Å². The van der Waals surface area contributed by atoms with E-state index in [0.717, 1.165) is 37.4 Å². The van der Waals surface area contributed by atoms with Crippen LogP contribution in [-0.4, -0.2) is 49.3 Å². The number of hydrogen-bond acceptors (Lipinski definition) is 5. The second kappa shape index (κ2) is 5.50. The van der Waals surface area contributed by atoms with Crippen molar-refractivity contribution in [2.45, 2.75) is 25.4 Å². The molecule has 1 aliphatic rings. The maximum Gasteiger partial charge on any atom is 0.162 e. The van der Waals surface area contributed by atoms with Crippen molar-refractivity contribution >= 4 is 0 Å². The maximum absolute atomic E-state index is 9.02. The second-order valence-electron chi connectivity index (χ2n) is 4.73. The van der Waals surface area contributed by atoms with E-state index >= 15 is 0 Å². The third-order valence-corrected chi connectivity index (χ3v) is 3.48. The van der Waals surface area contributed by atoms with Gasteiger partial charge in [0.05, 0.1) is 18.8 Å². The van der Waals surface area contributed by atoms with Crippen LogP contribution in [0.5, 0.6) is 0 Å². The monoisotopic (exact) mass is 262 g/mol. The Morgan fingerprint density at radius 1 is 1.37 bits per heavy atom. The number of nitrogens with zero attached hydrogens (tertiary/aromatic N) is 5. The Morgan fingerprint density at radius 2 is 2.21 bits per heavy atom. The van der Waals surface area contributed by atoms with Crippen LogP contribution >= 0.6 is 0 Å². The highest BCUT2D eigenvalue weighted by Crippen LogP contribution is 2.20. The van der Waals surface area contributed by atoms with E-state index < -0.39 is 0 Å². The minimum Gasteiger partial charge on any atom is -0.395 e. The average Bonchev–Trinajstić information content (AvgIpc) is 3.08. The number of aliphatic hydroxyl groups excluding tert-OH is 1. The van der Waals surface area contributed by atoms with E-state index in [1.54, 1.807) is 6.20 Å². The highest BCUT2D eigenvalue weighted by Gasteiger charge is 2.18. The van der Waals surface area contributed by atoms with E-state index in [1.165, 1.54) is 0 Å². The van der Waals surface area contributed by atoms with Crippen LogP contribution < -0.4 is 5.32 Å². The SMILES string of the molecule is OCCn1ccnc1-c1cn(C2CCNCC2)nn1. The lowest BCUT2D eigenvalue weighted by molar-refractivity contribution is 0.276. The van der Waals surface area contributed by atoms with Crippen LogP contribution in [0.4, 0.5) is 0 Å². The molecule has 7 heteroatoms. The Hall–Kier alpha value is -1.73. The molecule has 0 amide bonds. The van der Waals surface area contributed by atoms with Gasteiger partial charge in [-0.25, -0.2) is 9.67 Å². The van der Waals surface area contributed by atoms with E-state index in [9.17, 15) is 0 Å². The molecule has 0 spiro atoms. The zero-order valence-corrected chi connectivity index (χ0v) is 10.7. The molecule has 2 aromatic heterocycles. The number of imidazole rings is 1. The summed E-state index contributed by atoms with van der Waals surface area (Å²) in [5, 5.41) is 20.8. The van der Waals surface area contributed by atoms with Crippen LogP contribution in [0, 0.1) is 0 Å². The summed E-state index contributed by atoms with van der Waals surface area (Å²) in [6, 6.07) is 0.420. The first kappa shape index (κ1) is 12.3. The van der Waals surface area contributed by atoms with Gasteiger partial charge in [0.2, 0.25) is 0 Å². The fourth-order valence-electron chi connectivity index (χ4n) is 2.46. The van der Waals surface area contributed by atoms with Gasteiger partial charge in [0, 0.05) is 18.9 Å². The van der Waals surface area contributed by atoms with Gasteiger partial charge in [-0.05, 0) is 25.9 Å². The van der Waals surface area contributed by atoms with Crippen LogP contribution in [0.2, 0.25) is 0 Å². The Bertz CT molecular complexity index is 528. The molecule has 3 rings (SSSR count). The van der Waals surface area contributed by atoms with Gasteiger partial charge in [-0.1, -0.05) is 5.21 Å². The minimum absolute atomic E-state index is 0.0891. The number of aromatic nitrogens is 5. The number of rotatable bonds is 4. The molecule has 0 aromatic carbocycles. The Morgan fingerprint density at radius 3 is 3.00 bits per heavy atom. The average molecular weight is 262 g/mol. The Kier molecular flexibility index (Phi) is 3.56. The standard InChI is InChI=1S/C12H18N6O/c19-8-7-17-6-5-14-12(17)11-9-18(16-15-11)10-1-3-13-4-2-10/h5-6,9-10,13,19H,1-4,7-8H2. The molecular weight excluding hydrogens is 244 g/mol. The molecule has 2 N–H and O–H groups in total. The summed E-state index contributed by atoms with van der Waals surface area (Å²) in [6.45, 7) is 2.67. The molecule has 0 aliphatic carbocycles. The smallest absolute Gasteiger partial charge is 0.162 e. The molecule has 19 heavy (non-hydrogen) atoms. The highest BCUT2D eigenvalue weighted by atomic mass is 16.3. The zero-order chi connectivity index (χ0) is 13.1. The molecule has 1 saturated heterocycles. The summed E-state index contributed by atoms with van der Waals surface area (Å²) < 4.78 is 3.82. The van der Waals surface area contributed by atoms with Crippen molar-refractivity contribution in [3.05, 3.63) is 18.6 Å². The van der Waals surface area contributed by atoms with Gasteiger partial charge in [0.25, 0.3) is 0 Å². The molecule has 2 aromatic rings. The van der Waals surface area contributed by atoms with Crippen molar-refractivity contribution in [1.82, 2.24) is 29.9 Å². The largest absolute Gasteiger partial charge is 0.395 e. The molecule has 102 valence electrons. The van der Waals surface area contributed by atoms with E-state index in [0.29, 0.717) is 12.6 Å². The predicted octanol–water partition coefficient (Wildman–Crippen LogP) is 0.0584. The zero-order valence-electron chi connectivity index (χ0n) is 10.7. The topological polar surface area (TPSA) is 80.8 Å². The first-order valence-corrected chi connectivity index (χ1v) is 6.63. The lowest BCUT2D eigenvalue weighted by Gasteiger charge is -2.22. The Balaban J connectivity index is 1.81. The molecule has 0 bridgehead atoms. The van der Waals surface area contributed by atoms with Crippen LogP contribution in [0.3, 0.4) is 0 Å². The van der Waals surface area contributed by atoms with Crippen LogP contribution in [0.15, 0.2) is 18.6 Å². The normalized spacial score (nSPS) is 16.9. The summed E-state index contributed by atoms with van der Waals surface area (Å²) in [7, 11) is 0. The highest BCUT2D eigenvalue weighted by molar-refractivity contribution is 5.47. The third kappa shape index (κ3) is 2.52. The first-order valence-electron chi connectivity index (χ1n) is 6.63. The predicted molar refractivity (Wildman–Crippen MR) is 69.5 cm³/mol. The molecule has 7 nitrogen and oxygen atoms in total. The van der Waals surface area contributed by atoms with Crippen LogP contribution in [0.25, 0.3) is 11.5 Å². The van der Waals surface area contributed by atoms with Crippen LogP contribution in [0.1, 0.15) is 18.9 Å². The molecule has 1 fully saturated rings. The molecule has 1 aliphatic heterocycles. The summed E-state index contributed by atoms with van der Waals surface area (Å²) in [5.74, 6) is 0.759. The van der Waals surface area contributed by atoms with Gasteiger partial charge in [-0.3, -0.25) is 0 Å². The summed E-state index contributed by atoms with van der Waals surface area (Å²) >= 11 is 0. The van der Waals surface area contributed by atoms with Crippen molar-refractivity contribution in [3.63, 3.8) is 0 Å². The number of nitrogens with one attached hydrogen (secondary N) is 1. The molecule has 0 saturated carbocycles.